The lowest BCUT2D eigenvalue weighted by atomic mass is 10.1. The molecule has 0 amide bonds. The maximum absolute atomic E-state index is 10.6. The molecule has 0 saturated carbocycles. The van der Waals surface area contributed by atoms with Gasteiger partial charge in [0.25, 0.3) is 5.01 Å². The summed E-state index contributed by atoms with van der Waals surface area (Å²) in [5.41, 5.74) is 3.94. The van der Waals surface area contributed by atoms with Gasteiger partial charge < -0.3 is 10.0 Å². The Hall–Kier alpha value is -2.66. The van der Waals surface area contributed by atoms with E-state index in [0.717, 1.165) is 27.3 Å². The Labute approximate surface area is 150 Å². The summed E-state index contributed by atoms with van der Waals surface area (Å²) in [7, 11) is 1.99. The SMILES string of the molecule is CCc1ccc(N2CC(O)=C(c3sc4ccccc4[n+]3C)C2=N)cc1. The van der Waals surface area contributed by atoms with Gasteiger partial charge in [0, 0.05) is 11.8 Å². The van der Waals surface area contributed by atoms with Crippen LogP contribution in [-0.2, 0) is 13.5 Å². The first-order valence-electron chi connectivity index (χ1n) is 8.35. The van der Waals surface area contributed by atoms with Crippen LogP contribution in [0.25, 0.3) is 15.8 Å². The summed E-state index contributed by atoms with van der Waals surface area (Å²) < 4.78 is 3.21. The van der Waals surface area contributed by atoms with Crippen molar-refractivity contribution in [1.29, 1.82) is 5.41 Å². The van der Waals surface area contributed by atoms with E-state index in [1.807, 2.05) is 36.2 Å². The predicted molar refractivity (Wildman–Crippen MR) is 103 cm³/mol. The van der Waals surface area contributed by atoms with Crippen molar-refractivity contribution in [3.05, 3.63) is 64.9 Å². The van der Waals surface area contributed by atoms with Gasteiger partial charge in [-0.15, -0.1) is 0 Å². The number of aliphatic hydroxyl groups excluding tert-OH is 1. The first-order chi connectivity index (χ1) is 12.1. The van der Waals surface area contributed by atoms with Crippen LogP contribution in [0, 0.1) is 5.41 Å². The first kappa shape index (κ1) is 15.8. The van der Waals surface area contributed by atoms with E-state index < -0.39 is 0 Å². The van der Waals surface area contributed by atoms with Crippen LogP contribution in [0.4, 0.5) is 5.69 Å². The molecular weight excluding hydrogens is 330 g/mol. The number of amidine groups is 1. The average Bonchev–Trinajstić information content (AvgIpc) is 3.12. The van der Waals surface area contributed by atoms with Gasteiger partial charge in [0.1, 0.15) is 28.9 Å². The molecule has 3 aromatic rings. The largest absolute Gasteiger partial charge is 0.509 e. The number of aromatic nitrogens is 1. The number of fused-ring (bicyclic) bond motifs is 1. The zero-order chi connectivity index (χ0) is 17.6. The molecule has 2 heterocycles. The van der Waals surface area contributed by atoms with Gasteiger partial charge in [-0.3, -0.25) is 5.41 Å². The quantitative estimate of drug-likeness (QED) is 0.700. The third-order valence-electron chi connectivity index (χ3n) is 4.71. The van der Waals surface area contributed by atoms with E-state index in [9.17, 15) is 5.11 Å². The summed E-state index contributed by atoms with van der Waals surface area (Å²) >= 11 is 1.61. The van der Waals surface area contributed by atoms with E-state index in [1.165, 1.54) is 5.56 Å². The zero-order valence-corrected chi connectivity index (χ0v) is 15.1. The highest BCUT2D eigenvalue weighted by molar-refractivity contribution is 7.19. The summed E-state index contributed by atoms with van der Waals surface area (Å²) in [5, 5.41) is 20.1. The molecule has 1 aliphatic heterocycles. The third kappa shape index (κ3) is 2.51. The van der Waals surface area contributed by atoms with Gasteiger partial charge in [-0.2, -0.15) is 4.57 Å². The van der Waals surface area contributed by atoms with Crippen molar-refractivity contribution in [3.63, 3.8) is 0 Å². The van der Waals surface area contributed by atoms with E-state index in [-0.39, 0.29) is 5.76 Å². The van der Waals surface area contributed by atoms with Crippen molar-refractivity contribution >= 4 is 38.6 Å². The van der Waals surface area contributed by atoms with Gasteiger partial charge in [0.05, 0.1) is 6.54 Å². The number of hydrogen-bond acceptors (Lipinski definition) is 3. The predicted octanol–water partition coefficient (Wildman–Crippen LogP) is 4.05. The molecular formula is C20H20N3OS+. The van der Waals surface area contributed by atoms with Crippen LogP contribution in [-0.4, -0.2) is 17.5 Å². The van der Waals surface area contributed by atoms with E-state index in [0.29, 0.717) is 18.0 Å². The molecule has 0 radical (unpaired) electrons. The minimum absolute atomic E-state index is 0.256. The molecule has 2 aromatic carbocycles. The van der Waals surface area contributed by atoms with Gasteiger partial charge in [-0.1, -0.05) is 42.5 Å². The van der Waals surface area contributed by atoms with Crippen LogP contribution < -0.4 is 9.47 Å². The molecule has 0 aliphatic carbocycles. The van der Waals surface area contributed by atoms with Crippen molar-refractivity contribution < 1.29 is 9.67 Å². The summed E-state index contributed by atoms with van der Waals surface area (Å²) in [4.78, 5) is 1.86. The Morgan fingerprint density at radius 1 is 1.16 bits per heavy atom. The van der Waals surface area contributed by atoms with Gasteiger partial charge in [-0.05, 0) is 30.2 Å². The molecule has 4 rings (SSSR count). The van der Waals surface area contributed by atoms with Crippen molar-refractivity contribution in [2.75, 3.05) is 11.4 Å². The lowest BCUT2D eigenvalue weighted by Gasteiger charge is -2.18. The highest BCUT2D eigenvalue weighted by Gasteiger charge is 2.35. The molecule has 0 fully saturated rings. The second-order valence-electron chi connectivity index (χ2n) is 6.21. The zero-order valence-electron chi connectivity index (χ0n) is 14.3. The number of anilines is 1. The number of aliphatic hydroxyl groups is 1. The molecule has 0 atom stereocenters. The van der Waals surface area contributed by atoms with Crippen LogP contribution in [0.1, 0.15) is 17.5 Å². The maximum Gasteiger partial charge on any atom is 0.277 e. The van der Waals surface area contributed by atoms with E-state index in [4.69, 9.17) is 5.41 Å². The minimum atomic E-state index is 0.256. The average molecular weight is 350 g/mol. The molecule has 1 aliphatic rings. The second-order valence-corrected chi connectivity index (χ2v) is 7.24. The Morgan fingerprint density at radius 2 is 1.88 bits per heavy atom. The van der Waals surface area contributed by atoms with Crippen LogP contribution >= 0.6 is 11.3 Å². The van der Waals surface area contributed by atoms with Crippen LogP contribution in [0.3, 0.4) is 0 Å². The third-order valence-corrected chi connectivity index (χ3v) is 5.95. The van der Waals surface area contributed by atoms with Gasteiger partial charge in [-0.25, -0.2) is 0 Å². The van der Waals surface area contributed by atoms with Crippen molar-refractivity contribution in [3.8, 4) is 0 Å². The Bertz CT molecular complexity index is 1000. The van der Waals surface area contributed by atoms with Gasteiger partial charge in [0.15, 0.2) is 0 Å². The number of para-hydroxylation sites is 1. The molecule has 1 aromatic heterocycles. The lowest BCUT2D eigenvalue weighted by Crippen LogP contribution is -2.33. The Balaban J connectivity index is 1.73. The second kappa shape index (κ2) is 6.01. The highest BCUT2D eigenvalue weighted by atomic mass is 32.1. The Kier molecular flexibility index (Phi) is 3.81. The molecule has 2 N–H and O–H groups in total. The molecule has 0 spiro atoms. The minimum Gasteiger partial charge on any atom is -0.509 e. The monoisotopic (exact) mass is 350 g/mol. The molecule has 126 valence electrons. The summed E-state index contributed by atoms with van der Waals surface area (Å²) in [6.07, 6.45) is 0.990. The molecule has 5 heteroatoms. The summed E-state index contributed by atoms with van der Waals surface area (Å²) in [5.74, 6) is 0.607. The fourth-order valence-electron chi connectivity index (χ4n) is 3.26. The summed E-state index contributed by atoms with van der Waals surface area (Å²) in [6, 6.07) is 16.4. The normalized spacial score (nSPS) is 14.8. The summed E-state index contributed by atoms with van der Waals surface area (Å²) in [6.45, 7) is 2.47. The van der Waals surface area contributed by atoms with Gasteiger partial charge >= 0.3 is 0 Å². The number of nitrogens with zero attached hydrogens (tertiary/aromatic N) is 2. The van der Waals surface area contributed by atoms with E-state index in [1.54, 1.807) is 11.3 Å². The smallest absolute Gasteiger partial charge is 0.277 e. The molecule has 0 saturated heterocycles. The topological polar surface area (TPSA) is 51.2 Å². The highest BCUT2D eigenvalue weighted by Crippen LogP contribution is 2.34. The number of aryl methyl sites for hydroxylation is 2. The molecule has 25 heavy (non-hydrogen) atoms. The van der Waals surface area contributed by atoms with Crippen molar-refractivity contribution in [1.82, 2.24) is 0 Å². The molecule has 4 nitrogen and oxygen atoms in total. The number of benzene rings is 2. The number of thiazole rings is 1. The molecule has 0 bridgehead atoms. The standard InChI is InChI=1S/C20H19N3OS/c1-3-13-8-10-14(11-9-13)23-12-16(24)18(19(23)21)20-22(2)15-6-4-5-7-17(15)25-20/h4-11,21H,3,12H2,1-2H3/p+1. The molecule has 0 unspecified atom stereocenters. The van der Waals surface area contributed by atoms with Crippen LogP contribution in [0.5, 0.6) is 0 Å². The van der Waals surface area contributed by atoms with Crippen LogP contribution in [0.15, 0.2) is 54.3 Å². The number of hydrogen-bond donors (Lipinski definition) is 2. The fraction of sp³-hybridized carbons (Fsp3) is 0.200. The fourth-order valence-corrected chi connectivity index (χ4v) is 4.47. The first-order valence-corrected chi connectivity index (χ1v) is 9.17. The number of nitrogens with one attached hydrogen (secondary N) is 1. The van der Waals surface area contributed by atoms with Crippen molar-refractivity contribution in [2.24, 2.45) is 7.05 Å². The Morgan fingerprint density at radius 3 is 2.56 bits per heavy atom. The van der Waals surface area contributed by atoms with Gasteiger partial charge in [0.2, 0.25) is 5.52 Å². The number of rotatable bonds is 3. The van der Waals surface area contributed by atoms with Crippen molar-refractivity contribution in [2.45, 2.75) is 13.3 Å². The van der Waals surface area contributed by atoms with Crippen LogP contribution in [0.2, 0.25) is 0 Å². The lowest BCUT2D eigenvalue weighted by molar-refractivity contribution is -0.642. The van der Waals surface area contributed by atoms with E-state index in [2.05, 4.69) is 35.8 Å². The maximum atomic E-state index is 10.6. The van der Waals surface area contributed by atoms with E-state index >= 15 is 0 Å².